The van der Waals surface area contributed by atoms with Crippen LogP contribution in [0.5, 0.6) is 0 Å². The summed E-state index contributed by atoms with van der Waals surface area (Å²) in [4.78, 5) is 22.1. The number of esters is 1. The lowest BCUT2D eigenvalue weighted by Crippen LogP contribution is -2.49. The van der Waals surface area contributed by atoms with Crippen LogP contribution in [-0.2, 0) is 27.2 Å². The van der Waals surface area contributed by atoms with Crippen molar-refractivity contribution in [1.82, 2.24) is 5.32 Å². The second-order valence-corrected chi connectivity index (χ2v) is 4.80. The summed E-state index contributed by atoms with van der Waals surface area (Å²) in [7, 11) is 0. The van der Waals surface area contributed by atoms with E-state index in [4.69, 9.17) is 10.5 Å². The van der Waals surface area contributed by atoms with Crippen molar-refractivity contribution >= 4 is 11.9 Å². The van der Waals surface area contributed by atoms with E-state index < -0.39 is 17.9 Å². The van der Waals surface area contributed by atoms with Crippen molar-refractivity contribution < 1.29 is 14.3 Å². The maximum absolute atomic E-state index is 11.3. The van der Waals surface area contributed by atoms with Crippen molar-refractivity contribution in [2.45, 2.75) is 31.8 Å². The van der Waals surface area contributed by atoms with E-state index in [1.54, 1.807) is 0 Å². The number of carbonyl (C=O) groups is 2. The molecule has 5 nitrogen and oxygen atoms in total. The predicted octanol–water partition coefficient (Wildman–Crippen LogP) is 0.160. The van der Waals surface area contributed by atoms with Crippen molar-refractivity contribution in [2.24, 2.45) is 5.73 Å². The fourth-order valence-corrected chi connectivity index (χ4v) is 2.37. The van der Waals surface area contributed by atoms with Gasteiger partial charge in [-0.1, -0.05) is 24.3 Å². The Hall–Kier alpha value is -1.88. The summed E-state index contributed by atoms with van der Waals surface area (Å²) in [5.74, 6) is -0.917. The van der Waals surface area contributed by atoms with Gasteiger partial charge in [-0.25, -0.2) is 0 Å². The van der Waals surface area contributed by atoms with Crippen LogP contribution in [0.1, 0.15) is 18.1 Å². The molecule has 1 amide bonds. The second-order valence-electron chi connectivity index (χ2n) is 4.80. The van der Waals surface area contributed by atoms with Crippen LogP contribution in [-0.4, -0.2) is 30.6 Å². The number of hydrogen-bond acceptors (Lipinski definition) is 4. The highest BCUT2D eigenvalue weighted by Gasteiger charge is 2.26. The van der Waals surface area contributed by atoms with Gasteiger partial charge in [-0.05, 0) is 24.0 Å². The standard InChI is InChI=1S/C14H18N2O3/c1-9(17)19-8-13(14(15)18)16-12-6-10-4-2-3-5-11(10)7-12/h2-5,12-13,16H,6-8H2,1H3,(H2,15,18). The number of benzene rings is 1. The molecule has 1 atom stereocenters. The first-order valence-electron chi connectivity index (χ1n) is 6.31. The van der Waals surface area contributed by atoms with Crippen molar-refractivity contribution in [3.05, 3.63) is 35.4 Å². The minimum absolute atomic E-state index is 0.0164. The number of fused-ring (bicyclic) bond motifs is 1. The summed E-state index contributed by atoms with van der Waals surface area (Å²) in [6.07, 6.45) is 1.72. The number of hydrogen-bond donors (Lipinski definition) is 2. The highest BCUT2D eigenvalue weighted by atomic mass is 16.5. The van der Waals surface area contributed by atoms with Gasteiger partial charge in [0.1, 0.15) is 12.6 Å². The third kappa shape index (κ3) is 3.54. The molecule has 1 aromatic rings. The Morgan fingerprint density at radius 2 is 1.95 bits per heavy atom. The third-order valence-corrected chi connectivity index (χ3v) is 3.28. The maximum Gasteiger partial charge on any atom is 0.302 e. The first kappa shape index (κ1) is 13.5. The first-order chi connectivity index (χ1) is 9.06. The summed E-state index contributed by atoms with van der Waals surface area (Å²) < 4.78 is 4.85. The summed E-state index contributed by atoms with van der Waals surface area (Å²) in [6.45, 7) is 1.29. The molecule has 0 aromatic heterocycles. The fourth-order valence-electron chi connectivity index (χ4n) is 2.37. The molecule has 0 saturated carbocycles. The molecule has 0 spiro atoms. The largest absolute Gasteiger partial charge is 0.464 e. The normalized spacial score (nSPS) is 15.8. The second kappa shape index (κ2) is 5.84. The molecular formula is C14H18N2O3. The van der Waals surface area contributed by atoms with Gasteiger partial charge in [0.2, 0.25) is 5.91 Å². The van der Waals surface area contributed by atoms with Crippen LogP contribution in [0.3, 0.4) is 0 Å². The van der Waals surface area contributed by atoms with E-state index in [1.807, 2.05) is 12.1 Å². The Morgan fingerprint density at radius 3 is 2.42 bits per heavy atom. The average molecular weight is 262 g/mol. The van der Waals surface area contributed by atoms with Crippen molar-refractivity contribution in [2.75, 3.05) is 6.61 Å². The first-order valence-corrected chi connectivity index (χ1v) is 6.31. The van der Waals surface area contributed by atoms with Gasteiger partial charge in [-0.15, -0.1) is 0 Å². The molecule has 0 aliphatic heterocycles. The average Bonchev–Trinajstić information content (AvgIpc) is 2.76. The molecule has 1 unspecified atom stereocenters. The Labute approximate surface area is 112 Å². The molecule has 0 bridgehead atoms. The number of nitrogens with two attached hydrogens (primary N) is 1. The molecule has 1 aromatic carbocycles. The number of amides is 1. The van der Waals surface area contributed by atoms with E-state index in [-0.39, 0.29) is 12.6 Å². The van der Waals surface area contributed by atoms with Gasteiger partial charge in [0.25, 0.3) is 0 Å². The van der Waals surface area contributed by atoms with Crippen LogP contribution < -0.4 is 11.1 Å². The molecule has 19 heavy (non-hydrogen) atoms. The monoisotopic (exact) mass is 262 g/mol. The summed E-state index contributed by atoms with van der Waals surface area (Å²) in [5.41, 5.74) is 7.89. The summed E-state index contributed by atoms with van der Waals surface area (Å²) in [6, 6.07) is 7.70. The molecule has 2 rings (SSSR count). The Kier molecular flexibility index (Phi) is 4.16. The van der Waals surface area contributed by atoms with E-state index in [0.717, 1.165) is 12.8 Å². The number of nitrogens with one attached hydrogen (secondary N) is 1. The van der Waals surface area contributed by atoms with Gasteiger partial charge >= 0.3 is 5.97 Å². The molecule has 102 valence electrons. The smallest absolute Gasteiger partial charge is 0.302 e. The molecule has 5 heteroatoms. The van der Waals surface area contributed by atoms with Gasteiger partial charge in [-0.2, -0.15) is 0 Å². The van der Waals surface area contributed by atoms with Gasteiger partial charge in [0.15, 0.2) is 0 Å². The minimum Gasteiger partial charge on any atom is -0.464 e. The highest BCUT2D eigenvalue weighted by molar-refractivity contribution is 5.80. The lowest BCUT2D eigenvalue weighted by molar-refractivity contribution is -0.142. The van der Waals surface area contributed by atoms with Gasteiger partial charge < -0.3 is 10.5 Å². The van der Waals surface area contributed by atoms with Crippen LogP contribution >= 0.6 is 0 Å². The Morgan fingerprint density at radius 1 is 1.37 bits per heavy atom. The Bertz CT molecular complexity index is 462. The van der Waals surface area contributed by atoms with Crippen LogP contribution in [0.15, 0.2) is 24.3 Å². The van der Waals surface area contributed by atoms with E-state index in [9.17, 15) is 9.59 Å². The summed E-state index contributed by atoms with van der Waals surface area (Å²) >= 11 is 0. The highest BCUT2D eigenvalue weighted by Crippen LogP contribution is 2.21. The van der Waals surface area contributed by atoms with Crippen LogP contribution in [0.2, 0.25) is 0 Å². The van der Waals surface area contributed by atoms with Gasteiger partial charge in [-0.3, -0.25) is 14.9 Å². The number of primary amides is 1. The van der Waals surface area contributed by atoms with Crippen LogP contribution in [0.4, 0.5) is 0 Å². The van der Waals surface area contributed by atoms with Crippen molar-refractivity contribution in [3.63, 3.8) is 0 Å². The summed E-state index contributed by atoms with van der Waals surface area (Å²) in [5, 5.41) is 3.17. The zero-order valence-electron chi connectivity index (χ0n) is 10.9. The molecular weight excluding hydrogens is 244 g/mol. The van der Waals surface area contributed by atoms with Gasteiger partial charge in [0.05, 0.1) is 0 Å². The predicted molar refractivity (Wildman–Crippen MR) is 70.4 cm³/mol. The maximum atomic E-state index is 11.3. The van der Waals surface area contributed by atoms with Crippen molar-refractivity contribution in [1.29, 1.82) is 0 Å². The van der Waals surface area contributed by atoms with E-state index in [2.05, 4.69) is 17.4 Å². The lowest BCUT2D eigenvalue weighted by atomic mass is 10.1. The fraction of sp³-hybridized carbons (Fsp3) is 0.429. The molecule has 0 radical (unpaired) electrons. The molecule has 0 saturated heterocycles. The molecule has 0 heterocycles. The van der Waals surface area contributed by atoms with Crippen molar-refractivity contribution in [3.8, 4) is 0 Å². The number of ether oxygens (including phenoxy) is 1. The van der Waals surface area contributed by atoms with Crippen LogP contribution in [0.25, 0.3) is 0 Å². The third-order valence-electron chi connectivity index (χ3n) is 3.28. The van der Waals surface area contributed by atoms with E-state index >= 15 is 0 Å². The SMILES string of the molecule is CC(=O)OCC(NC1Cc2ccccc2C1)C(N)=O. The zero-order valence-corrected chi connectivity index (χ0v) is 10.9. The van der Waals surface area contributed by atoms with Crippen LogP contribution in [0, 0.1) is 0 Å². The topological polar surface area (TPSA) is 81.4 Å². The quantitative estimate of drug-likeness (QED) is 0.741. The lowest BCUT2D eigenvalue weighted by Gasteiger charge is -2.19. The number of rotatable bonds is 5. The zero-order chi connectivity index (χ0) is 13.8. The molecule has 0 fully saturated rings. The molecule has 3 N–H and O–H groups in total. The molecule has 1 aliphatic rings. The molecule has 1 aliphatic carbocycles. The Balaban J connectivity index is 1.93. The van der Waals surface area contributed by atoms with E-state index in [0.29, 0.717) is 0 Å². The minimum atomic E-state index is -0.636. The van der Waals surface area contributed by atoms with Gasteiger partial charge in [0, 0.05) is 13.0 Å². The van der Waals surface area contributed by atoms with E-state index in [1.165, 1.54) is 18.1 Å². The number of carbonyl (C=O) groups excluding carboxylic acids is 2.